The summed E-state index contributed by atoms with van der Waals surface area (Å²) in [6.07, 6.45) is 4.88. The second-order valence-corrected chi connectivity index (χ2v) is 10.8. The molecule has 6 heteroatoms. The highest BCUT2D eigenvalue weighted by molar-refractivity contribution is 5.70. The van der Waals surface area contributed by atoms with Crippen molar-refractivity contribution >= 4 is 5.97 Å². The third-order valence-electron chi connectivity index (χ3n) is 9.70. The van der Waals surface area contributed by atoms with Gasteiger partial charge in [-0.05, 0) is 42.9 Å². The number of aliphatic hydroxyl groups is 2. The van der Waals surface area contributed by atoms with Crippen LogP contribution in [-0.2, 0) is 19.0 Å². The number of carbonyl (C=O) groups excluding carboxylic acids is 1. The van der Waals surface area contributed by atoms with E-state index in [0.29, 0.717) is 19.6 Å². The summed E-state index contributed by atoms with van der Waals surface area (Å²) in [4.78, 5) is 12.3. The van der Waals surface area contributed by atoms with Gasteiger partial charge in [0.15, 0.2) is 5.79 Å². The molecule has 170 valence electrons. The van der Waals surface area contributed by atoms with Gasteiger partial charge in [-0.25, -0.2) is 4.79 Å². The third kappa shape index (κ3) is 2.79. The fourth-order valence-corrected chi connectivity index (χ4v) is 7.77. The minimum Gasteiger partial charge on any atom is -0.460 e. The maximum absolute atomic E-state index is 12.3. The second kappa shape index (κ2) is 7.29. The van der Waals surface area contributed by atoms with Crippen LogP contribution in [0.15, 0.2) is 12.7 Å². The van der Waals surface area contributed by atoms with Gasteiger partial charge in [0, 0.05) is 23.2 Å². The summed E-state index contributed by atoms with van der Waals surface area (Å²) in [5.41, 5.74) is -1.19. The Morgan fingerprint density at radius 3 is 2.47 bits per heavy atom. The molecular formula is C24H38O6. The molecule has 30 heavy (non-hydrogen) atoms. The SMILES string of the molecule is C=C[C@@]1(C)C[C@@H](OC(=O)CO)[C@@]2(C)C3C4(CCC3(CC[C@H]2C)C(C)C1O)OCCO4. The first-order chi connectivity index (χ1) is 14.1. The molecule has 0 aromatic heterocycles. The van der Waals surface area contributed by atoms with Crippen LogP contribution in [0.3, 0.4) is 0 Å². The Balaban J connectivity index is 1.93. The minimum absolute atomic E-state index is 0.000687. The Morgan fingerprint density at radius 1 is 1.20 bits per heavy atom. The second-order valence-electron chi connectivity index (χ2n) is 10.8. The largest absolute Gasteiger partial charge is 0.460 e. The molecule has 1 saturated heterocycles. The smallest absolute Gasteiger partial charge is 0.332 e. The van der Waals surface area contributed by atoms with Crippen molar-refractivity contribution in [3.05, 3.63) is 12.7 Å². The van der Waals surface area contributed by atoms with Crippen molar-refractivity contribution in [2.75, 3.05) is 19.8 Å². The van der Waals surface area contributed by atoms with Crippen molar-refractivity contribution in [1.29, 1.82) is 0 Å². The van der Waals surface area contributed by atoms with E-state index in [1.165, 1.54) is 0 Å². The lowest BCUT2D eigenvalue weighted by Gasteiger charge is -2.64. The zero-order valence-corrected chi connectivity index (χ0v) is 18.9. The van der Waals surface area contributed by atoms with Crippen LogP contribution in [0.4, 0.5) is 0 Å². The summed E-state index contributed by atoms with van der Waals surface area (Å²) in [5.74, 6) is -1.02. The number of esters is 1. The van der Waals surface area contributed by atoms with Crippen molar-refractivity contribution in [3.63, 3.8) is 0 Å². The van der Waals surface area contributed by atoms with Crippen LogP contribution in [0, 0.1) is 34.0 Å². The number of hydrogen-bond acceptors (Lipinski definition) is 6. The van der Waals surface area contributed by atoms with Crippen LogP contribution >= 0.6 is 0 Å². The van der Waals surface area contributed by atoms with Crippen LogP contribution in [0.1, 0.15) is 59.8 Å². The Bertz CT molecular complexity index is 702. The van der Waals surface area contributed by atoms with Crippen LogP contribution in [0.2, 0.25) is 0 Å². The molecule has 2 bridgehead atoms. The van der Waals surface area contributed by atoms with E-state index in [4.69, 9.17) is 14.2 Å². The van der Waals surface area contributed by atoms with Crippen molar-refractivity contribution in [1.82, 2.24) is 0 Å². The average Bonchev–Trinajstić information content (AvgIpc) is 3.34. The molecule has 1 spiro atoms. The molecule has 1 aliphatic heterocycles. The Kier molecular flexibility index (Phi) is 5.41. The maximum atomic E-state index is 12.3. The zero-order valence-electron chi connectivity index (χ0n) is 18.9. The zero-order chi connectivity index (χ0) is 21.9. The summed E-state index contributed by atoms with van der Waals surface area (Å²) in [5, 5.41) is 21.0. The topological polar surface area (TPSA) is 85.2 Å². The van der Waals surface area contributed by atoms with Crippen molar-refractivity contribution in [2.24, 2.45) is 34.0 Å². The summed E-state index contributed by atoms with van der Waals surface area (Å²) >= 11 is 0. The molecule has 3 saturated carbocycles. The lowest BCUT2D eigenvalue weighted by Crippen LogP contribution is -2.66. The van der Waals surface area contributed by atoms with Gasteiger partial charge in [-0.1, -0.05) is 33.8 Å². The predicted octanol–water partition coefficient (Wildman–Crippen LogP) is 3.06. The number of carbonyl (C=O) groups is 1. The molecule has 1 heterocycles. The van der Waals surface area contributed by atoms with Gasteiger partial charge in [0.1, 0.15) is 12.7 Å². The first-order valence-corrected chi connectivity index (χ1v) is 11.5. The van der Waals surface area contributed by atoms with Gasteiger partial charge in [-0.2, -0.15) is 0 Å². The van der Waals surface area contributed by atoms with E-state index in [0.717, 1.165) is 25.7 Å². The minimum atomic E-state index is -0.691. The monoisotopic (exact) mass is 422 g/mol. The molecule has 0 radical (unpaired) electrons. The highest BCUT2D eigenvalue weighted by atomic mass is 16.7. The Morgan fingerprint density at radius 2 is 1.87 bits per heavy atom. The summed E-state index contributed by atoms with van der Waals surface area (Å²) in [6.45, 7) is 13.2. The van der Waals surface area contributed by atoms with Gasteiger partial charge in [-0.15, -0.1) is 6.58 Å². The molecule has 4 fully saturated rings. The Hall–Kier alpha value is -0.950. The van der Waals surface area contributed by atoms with Gasteiger partial charge in [0.2, 0.25) is 0 Å². The third-order valence-corrected chi connectivity index (χ3v) is 9.70. The molecular weight excluding hydrogens is 384 g/mol. The van der Waals surface area contributed by atoms with Gasteiger partial charge in [0.25, 0.3) is 0 Å². The molecule has 4 rings (SSSR count). The molecule has 8 atom stereocenters. The van der Waals surface area contributed by atoms with Crippen LogP contribution in [-0.4, -0.2) is 54.0 Å². The standard InChI is InChI=1S/C24H38O6/c1-6-21(4)13-17(30-18(26)14-25)22(5)15(2)7-8-23(16(3)19(21)27)9-10-24(20(22)23)28-11-12-29-24/h6,15-17,19-20,25,27H,1,7-14H2,2-5H3/t15-,16?,17-,19?,20?,21+,22+,23?/m1/s1. The normalized spacial score (nSPS) is 49.9. The first kappa shape index (κ1) is 22.3. The number of aliphatic hydroxyl groups excluding tert-OH is 2. The highest BCUT2D eigenvalue weighted by Crippen LogP contribution is 2.72. The van der Waals surface area contributed by atoms with Gasteiger partial charge < -0.3 is 24.4 Å². The first-order valence-electron chi connectivity index (χ1n) is 11.5. The van der Waals surface area contributed by atoms with Gasteiger partial charge >= 0.3 is 5.97 Å². The van der Waals surface area contributed by atoms with Gasteiger partial charge in [-0.3, -0.25) is 0 Å². The van der Waals surface area contributed by atoms with Crippen molar-refractivity contribution in [3.8, 4) is 0 Å². The number of ether oxygens (including phenoxy) is 3. The Labute approximate surface area is 180 Å². The van der Waals surface area contributed by atoms with E-state index in [2.05, 4.69) is 27.4 Å². The van der Waals surface area contributed by atoms with E-state index in [9.17, 15) is 15.0 Å². The molecule has 4 unspecified atom stereocenters. The van der Waals surface area contributed by atoms with E-state index in [1.807, 2.05) is 13.0 Å². The van der Waals surface area contributed by atoms with Gasteiger partial charge in [0.05, 0.1) is 19.3 Å². The fraction of sp³-hybridized carbons (Fsp3) is 0.875. The molecule has 0 aromatic carbocycles. The molecule has 2 N–H and O–H groups in total. The molecule has 4 aliphatic rings. The maximum Gasteiger partial charge on any atom is 0.332 e. The summed E-state index contributed by atoms with van der Waals surface area (Å²) in [7, 11) is 0. The van der Waals surface area contributed by atoms with E-state index in [-0.39, 0.29) is 23.2 Å². The molecule has 3 aliphatic carbocycles. The summed E-state index contributed by atoms with van der Waals surface area (Å²) < 4.78 is 18.6. The van der Waals surface area contributed by atoms with Crippen LogP contribution < -0.4 is 0 Å². The van der Waals surface area contributed by atoms with E-state index < -0.39 is 41.4 Å². The van der Waals surface area contributed by atoms with E-state index in [1.54, 1.807) is 0 Å². The van der Waals surface area contributed by atoms with Crippen molar-refractivity contribution < 1.29 is 29.2 Å². The molecule has 0 aromatic rings. The molecule has 0 amide bonds. The lowest BCUT2D eigenvalue weighted by molar-refractivity contribution is -0.284. The lowest BCUT2D eigenvalue weighted by atomic mass is 9.43. The number of rotatable bonds is 3. The van der Waals surface area contributed by atoms with Crippen molar-refractivity contribution in [2.45, 2.75) is 77.8 Å². The predicted molar refractivity (Wildman–Crippen MR) is 111 cm³/mol. The number of hydrogen-bond donors (Lipinski definition) is 2. The summed E-state index contributed by atoms with van der Waals surface area (Å²) in [6, 6.07) is 0. The van der Waals surface area contributed by atoms with Crippen LogP contribution in [0.25, 0.3) is 0 Å². The molecule has 6 nitrogen and oxygen atoms in total. The highest BCUT2D eigenvalue weighted by Gasteiger charge is 2.73. The average molecular weight is 423 g/mol. The quantitative estimate of drug-likeness (QED) is 0.537. The fourth-order valence-electron chi connectivity index (χ4n) is 7.77. The van der Waals surface area contributed by atoms with Crippen LogP contribution in [0.5, 0.6) is 0 Å². The van der Waals surface area contributed by atoms with E-state index >= 15 is 0 Å².